The Labute approximate surface area is 163 Å². The van der Waals surface area contributed by atoms with Crippen LogP contribution < -0.4 is 0 Å². The van der Waals surface area contributed by atoms with Crippen molar-refractivity contribution < 1.29 is 0 Å². The average molecular weight is 362 g/mol. The van der Waals surface area contributed by atoms with Crippen molar-refractivity contribution in [2.24, 2.45) is 0 Å². The van der Waals surface area contributed by atoms with Gasteiger partial charge >= 0.3 is 0 Å². The van der Waals surface area contributed by atoms with Crippen LogP contribution in [0.4, 0.5) is 0 Å². The zero-order valence-corrected chi connectivity index (χ0v) is 17.5. The van der Waals surface area contributed by atoms with Gasteiger partial charge in [0.05, 0.1) is 5.69 Å². The highest BCUT2D eigenvalue weighted by atomic mass is 15.3. The molecule has 0 aliphatic rings. The van der Waals surface area contributed by atoms with E-state index in [1.165, 1.54) is 35.2 Å². The Kier molecular flexibility index (Phi) is 5.50. The molecule has 142 valence electrons. The Hall–Kier alpha value is -2.42. The minimum atomic E-state index is -0.0393. The smallest absolute Gasteiger partial charge is 0.168 e. The van der Waals surface area contributed by atoms with Crippen LogP contribution in [0.2, 0.25) is 0 Å². The van der Waals surface area contributed by atoms with E-state index in [1.54, 1.807) is 0 Å². The highest BCUT2D eigenvalue weighted by molar-refractivity contribution is 5.61. The van der Waals surface area contributed by atoms with Gasteiger partial charge in [-0.25, -0.2) is 0 Å². The number of rotatable bonds is 6. The Morgan fingerprint density at radius 1 is 0.926 bits per heavy atom. The summed E-state index contributed by atoms with van der Waals surface area (Å²) in [6.07, 6.45) is 3.47. The molecule has 0 N–H and O–H groups in total. The molecule has 27 heavy (non-hydrogen) atoms. The fourth-order valence-corrected chi connectivity index (χ4v) is 3.71. The molecule has 3 aromatic rings. The van der Waals surface area contributed by atoms with Crippen molar-refractivity contribution >= 4 is 0 Å². The molecule has 0 bridgehead atoms. The number of hydrogen-bond acceptors (Lipinski definition) is 2. The van der Waals surface area contributed by atoms with Gasteiger partial charge in [-0.1, -0.05) is 75.1 Å². The Morgan fingerprint density at radius 3 is 2.33 bits per heavy atom. The van der Waals surface area contributed by atoms with E-state index in [9.17, 15) is 0 Å². The molecule has 0 radical (unpaired) electrons. The van der Waals surface area contributed by atoms with Gasteiger partial charge < -0.3 is 0 Å². The molecule has 3 heteroatoms. The Morgan fingerprint density at radius 2 is 1.67 bits per heavy atom. The number of benzene rings is 2. The summed E-state index contributed by atoms with van der Waals surface area (Å²) in [4.78, 5) is 0. The first kappa shape index (κ1) is 19.3. The van der Waals surface area contributed by atoms with Crippen molar-refractivity contribution in [1.82, 2.24) is 14.8 Å². The standard InChI is InChI=1S/C24H31N3/c1-7-8-14-24(5,6)23-26-25-22(20-11-9-10-17(2)16-20)27(23)21-13-12-18(3)15-19(21)4/h9-13,15-16H,7-8,14H2,1-6H3. The predicted octanol–water partition coefficient (Wildman–Crippen LogP) is 6.33. The number of hydrogen-bond donors (Lipinski definition) is 0. The molecule has 0 fully saturated rings. The van der Waals surface area contributed by atoms with Crippen molar-refractivity contribution in [1.29, 1.82) is 0 Å². The van der Waals surface area contributed by atoms with Gasteiger partial charge in [-0.15, -0.1) is 10.2 Å². The van der Waals surface area contributed by atoms with E-state index in [0.717, 1.165) is 23.6 Å². The second-order valence-corrected chi connectivity index (χ2v) is 8.33. The van der Waals surface area contributed by atoms with E-state index in [0.29, 0.717) is 0 Å². The maximum absolute atomic E-state index is 4.70. The highest BCUT2D eigenvalue weighted by Gasteiger charge is 2.29. The van der Waals surface area contributed by atoms with Crippen molar-refractivity contribution in [2.45, 2.75) is 66.2 Å². The summed E-state index contributed by atoms with van der Waals surface area (Å²) in [5.41, 5.74) is 5.99. The predicted molar refractivity (Wildman–Crippen MR) is 114 cm³/mol. The van der Waals surface area contributed by atoms with Crippen LogP contribution >= 0.6 is 0 Å². The Bertz CT molecular complexity index is 935. The second-order valence-electron chi connectivity index (χ2n) is 8.33. The molecule has 3 rings (SSSR count). The van der Waals surface area contributed by atoms with Gasteiger partial charge in [-0.05, 0) is 44.9 Å². The summed E-state index contributed by atoms with van der Waals surface area (Å²) in [5.74, 6) is 1.96. The zero-order valence-electron chi connectivity index (χ0n) is 17.5. The van der Waals surface area contributed by atoms with Crippen LogP contribution in [-0.4, -0.2) is 14.8 Å². The molecule has 0 saturated carbocycles. The van der Waals surface area contributed by atoms with Gasteiger partial charge in [0.2, 0.25) is 0 Å². The van der Waals surface area contributed by atoms with Gasteiger partial charge in [0.1, 0.15) is 5.82 Å². The van der Waals surface area contributed by atoms with Gasteiger partial charge in [-0.3, -0.25) is 4.57 Å². The fourth-order valence-electron chi connectivity index (χ4n) is 3.71. The summed E-state index contributed by atoms with van der Waals surface area (Å²) in [6.45, 7) is 13.2. The third-order valence-electron chi connectivity index (χ3n) is 5.29. The Balaban J connectivity index is 2.24. The third kappa shape index (κ3) is 3.97. The van der Waals surface area contributed by atoms with Gasteiger partial charge in [0, 0.05) is 11.0 Å². The third-order valence-corrected chi connectivity index (χ3v) is 5.29. The fraction of sp³-hybridized carbons (Fsp3) is 0.417. The SMILES string of the molecule is CCCCC(C)(C)c1nnc(-c2cccc(C)c2)n1-c1ccc(C)cc1C. The quantitative estimate of drug-likeness (QED) is 0.514. The first-order valence-electron chi connectivity index (χ1n) is 9.94. The van der Waals surface area contributed by atoms with Crippen molar-refractivity contribution in [3.05, 3.63) is 65.0 Å². The van der Waals surface area contributed by atoms with E-state index in [1.807, 2.05) is 0 Å². The summed E-state index contributed by atoms with van der Waals surface area (Å²) in [7, 11) is 0. The molecular formula is C24H31N3. The van der Waals surface area contributed by atoms with Crippen molar-refractivity contribution in [3.63, 3.8) is 0 Å². The van der Waals surface area contributed by atoms with Crippen LogP contribution in [0.3, 0.4) is 0 Å². The van der Waals surface area contributed by atoms with E-state index < -0.39 is 0 Å². The summed E-state index contributed by atoms with van der Waals surface area (Å²) in [5, 5.41) is 9.35. The highest BCUT2D eigenvalue weighted by Crippen LogP contribution is 2.34. The van der Waals surface area contributed by atoms with Crippen molar-refractivity contribution in [3.8, 4) is 17.1 Å². The minimum Gasteiger partial charge on any atom is -0.278 e. The molecule has 0 atom stereocenters. The van der Waals surface area contributed by atoms with Crippen LogP contribution in [0.25, 0.3) is 17.1 Å². The number of aryl methyl sites for hydroxylation is 3. The van der Waals surface area contributed by atoms with E-state index in [2.05, 4.69) is 93.7 Å². The van der Waals surface area contributed by atoms with Gasteiger partial charge in [0.25, 0.3) is 0 Å². The maximum atomic E-state index is 4.70. The molecule has 0 aliphatic carbocycles. The van der Waals surface area contributed by atoms with Crippen LogP contribution in [-0.2, 0) is 5.41 Å². The lowest BCUT2D eigenvalue weighted by Crippen LogP contribution is -2.23. The minimum absolute atomic E-state index is 0.0393. The molecule has 2 aromatic carbocycles. The molecule has 0 spiro atoms. The lowest BCUT2D eigenvalue weighted by molar-refractivity contribution is 0.425. The summed E-state index contributed by atoms with van der Waals surface area (Å²) >= 11 is 0. The largest absolute Gasteiger partial charge is 0.278 e. The normalized spacial score (nSPS) is 11.8. The van der Waals surface area contributed by atoms with Gasteiger partial charge in [0.15, 0.2) is 5.82 Å². The first-order chi connectivity index (χ1) is 12.8. The number of unbranched alkanes of at least 4 members (excludes halogenated alkanes) is 1. The number of aromatic nitrogens is 3. The van der Waals surface area contributed by atoms with Crippen LogP contribution in [0.5, 0.6) is 0 Å². The molecular weight excluding hydrogens is 330 g/mol. The molecule has 0 saturated heterocycles. The molecule has 3 nitrogen and oxygen atoms in total. The summed E-state index contributed by atoms with van der Waals surface area (Å²) in [6, 6.07) is 15.1. The van der Waals surface area contributed by atoms with E-state index in [4.69, 9.17) is 5.10 Å². The molecule has 1 aromatic heterocycles. The van der Waals surface area contributed by atoms with Crippen LogP contribution in [0.15, 0.2) is 42.5 Å². The average Bonchev–Trinajstić information content (AvgIpc) is 3.06. The first-order valence-corrected chi connectivity index (χ1v) is 9.94. The lowest BCUT2D eigenvalue weighted by Gasteiger charge is -2.25. The topological polar surface area (TPSA) is 30.7 Å². The summed E-state index contributed by atoms with van der Waals surface area (Å²) < 4.78 is 2.28. The number of nitrogens with zero attached hydrogens (tertiary/aromatic N) is 3. The maximum Gasteiger partial charge on any atom is 0.168 e. The monoisotopic (exact) mass is 361 g/mol. The van der Waals surface area contributed by atoms with E-state index in [-0.39, 0.29) is 5.41 Å². The zero-order chi connectivity index (χ0) is 19.6. The molecule has 1 heterocycles. The lowest BCUT2D eigenvalue weighted by atomic mass is 9.86. The second kappa shape index (κ2) is 7.67. The van der Waals surface area contributed by atoms with E-state index >= 15 is 0 Å². The molecule has 0 amide bonds. The van der Waals surface area contributed by atoms with Crippen molar-refractivity contribution in [2.75, 3.05) is 0 Å². The molecule has 0 aliphatic heterocycles. The van der Waals surface area contributed by atoms with Gasteiger partial charge in [-0.2, -0.15) is 0 Å². The van der Waals surface area contributed by atoms with Crippen LogP contribution in [0.1, 0.15) is 62.5 Å². The van der Waals surface area contributed by atoms with Crippen LogP contribution in [0, 0.1) is 20.8 Å². The molecule has 0 unspecified atom stereocenters.